The molecule has 5 aromatic carbocycles. The van der Waals surface area contributed by atoms with Crippen molar-refractivity contribution in [3.05, 3.63) is 122 Å². The number of aromatic nitrogens is 4. The number of benzene rings is 5. The minimum absolute atomic E-state index is 0.143. The first-order valence-electron chi connectivity index (χ1n) is 13.6. The molecule has 0 bridgehead atoms. The minimum atomic E-state index is 0.143. The minimum Gasteiger partial charge on any atom is -0.506 e. The zero-order valence-corrected chi connectivity index (χ0v) is 22.2. The van der Waals surface area contributed by atoms with Crippen LogP contribution >= 0.6 is 0 Å². The maximum Gasteiger partial charge on any atom is 0.141 e. The fourth-order valence-electron chi connectivity index (χ4n) is 6.02. The Balaban J connectivity index is 1.55. The molecule has 42 heavy (non-hydrogen) atoms. The molecule has 0 aliphatic carbocycles. The predicted octanol–water partition coefficient (Wildman–Crippen LogP) is 8.29. The number of aromatic hydroxyl groups is 2. The summed E-state index contributed by atoms with van der Waals surface area (Å²) >= 11 is 0. The lowest BCUT2D eigenvalue weighted by Gasteiger charge is -2.19. The molecule has 3 aromatic heterocycles. The lowest BCUT2D eigenvalue weighted by molar-refractivity contribution is 0.480. The predicted molar refractivity (Wildman–Crippen MR) is 167 cm³/mol. The SMILES string of the molecule is Oc1cccc2ccc(-c3c4ccccc4c(-c4ccc(O)c5ncccc45)c4ccc(-c5cncnc5)cc34)nc12. The first kappa shape index (κ1) is 24.0. The van der Waals surface area contributed by atoms with Crippen LogP contribution in [-0.4, -0.2) is 30.1 Å². The second-order valence-corrected chi connectivity index (χ2v) is 10.3. The van der Waals surface area contributed by atoms with E-state index in [0.29, 0.717) is 11.0 Å². The Kier molecular flexibility index (Phi) is 5.34. The molecule has 0 aliphatic rings. The van der Waals surface area contributed by atoms with E-state index in [1.54, 1.807) is 30.7 Å². The smallest absolute Gasteiger partial charge is 0.141 e. The van der Waals surface area contributed by atoms with Crippen molar-refractivity contribution in [2.24, 2.45) is 0 Å². The summed E-state index contributed by atoms with van der Waals surface area (Å²) < 4.78 is 0. The maximum absolute atomic E-state index is 10.7. The van der Waals surface area contributed by atoms with Crippen molar-refractivity contribution in [3.8, 4) is 45.0 Å². The van der Waals surface area contributed by atoms with Gasteiger partial charge in [0.2, 0.25) is 0 Å². The zero-order valence-electron chi connectivity index (χ0n) is 22.2. The number of fused-ring (bicyclic) bond motifs is 4. The van der Waals surface area contributed by atoms with Gasteiger partial charge in [-0.2, -0.15) is 0 Å². The highest BCUT2D eigenvalue weighted by Crippen LogP contribution is 2.46. The van der Waals surface area contributed by atoms with E-state index in [2.05, 4.69) is 45.3 Å². The average Bonchev–Trinajstić information content (AvgIpc) is 3.04. The highest BCUT2D eigenvalue weighted by atomic mass is 16.3. The van der Waals surface area contributed by atoms with Gasteiger partial charge in [0.05, 0.1) is 5.69 Å². The topological polar surface area (TPSA) is 92.0 Å². The van der Waals surface area contributed by atoms with Crippen LogP contribution in [-0.2, 0) is 0 Å². The highest BCUT2D eigenvalue weighted by molar-refractivity contribution is 6.24. The summed E-state index contributed by atoms with van der Waals surface area (Å²) in [6, 6.07) is 31.7. The number of para-hydroxylation sites is 1. The Hall–Kier alpha value is -5.88. The van der Waals surface area contributed by atoms with Crippen molar-refractivity contribution in [1.82, 2.24) is 19.9 Å². The van der Waals surface area contributed by atoms with Crippen LogP contribution in [0.5, 0.6) is 11.5 Å². The highest BCUT2D eigenvalue weighted by Gasteiger charge is 2.20. The Labute approximate surface area is 240 Å². The molecular formula is C36H22N4O2. The molecular weight excluding hydrogens is 520 g/mol. The quantitative estimate of drug-likeness (QED) is 0.218. The van der Waals surface area contributed by atoms with Crippen LogP contribution in [0.25, 0.3) is 76.9 Å². The van der Waals surface area contributed by atoms with Gasteiger partial charge in [-0.05, 0) is 74.6 Å². The van der Waals surface area contributed by atoms with Gasteiger partial charge in [0.1, 0.15) is 28.9 Å². The summed E-state index contributed by atoms with van der Waals surface area (Å²) in [5.74, 6) is 0.288. The second kappa shape index (κ2) is 9.35. The number of hydrogen-bond donors (Lipinski definition) is 2. The summed E-state index contributed by atoms with van der Waals surface area (Å²) in [6.07, 6.45) is 6.83. The molecule has 6 heteroatoms. The second-order valence-electron chi connectivity index (χ2n) is 10.3. The van der Waals surface area contributed by atoms with Gasteiger partial charge in [0.15, 0.2) is 0 Å². The van der Waals surface area contributed by atoms with Crippen molar-refractivity contribution in [1.29, 1.82) is 0 Å². The van der Waals surface area contributed by atoms with Crippen LogP contribution in [0.1, 0.15) is 0 Å². The van der Waals surface area contributed by atoms with E-state index in [1.807, 2.05) is 54.6 Å². The largest absolute Gasteiger partial charge is 0.506 e. The van der Waals surface area contributed by atoms with Gasteiger partial charge >= 0.3 is 0 Å². The molecule has 8 aromatic rings. The third-order valence-corrected chi connectivity index (χ3v) is 7.89. The van der Waals surface area contributed by atoms with Gasteiger partial charge in [0, 0.05) is 40.5 Å². The van der Waals surface area contributed by atoms with Gasteiger partial charge in [-0.15, -0.1) is 0 Å². The number of phenolic OH excluding ortho intramolecular Hbond substituents is 2. The summed E-state index contributed by atoms with van der Waals surface area (Å²) in [6.45, 7) is 0. The molecule has 0 saturated heterocycles. The fraction of sp³-hybridized carbons (Fsp3) is 0. The molecule has 6 nitrogen and oxygen atoms in total. The number of phenols is 2. The van der Waals surface area contributed by atoms with Crippen LogP contribution in [0.3, 0.4) is 0 Å². The van der Waals surface area contributed by atoms with Crippen LogP contribution < -0.4 is 0 Å². The van der Waals surface area contributed by atoms with Crippen LogP contribution in [0.2, 0.25) is 0 Å². The fourth-order valence-corrected chi connectivity index (χ4v) is 6.02. The Morgan fingerprint density at radius 2 is 1.29 bits per heavy atom. The first-order chi connectivity index (χ1) is 20.7. The van der Waals surface area contributed by atoms with Crippen molar-refractivity contribution in [2.75, 3.05) is 0 Å². The van der Waals surface area contributed by atoms with E-state index in [0.717, 1.165) is 65.8 Å². The standard InChI is InChI=1S/C36H22N4O2/c41-31-9-3-5-21-11-14-30(40-35(21)31)34-25-7-2-1-6-24(25)33(26-13-15-32(42)36-28(26)8-4-16-39-36)27-12-10-22(17-29(27)34)23-18-37-20-38-19-23/h1-20,41-42H. The lowest BCUT2D eigenvalue weighted by atomic mass is 9.85. The van der Waals surface area contributed by atoms with Crippen LogP contribution in [0, 0.1) is 0 Å². The van der Waals surface area contributed by atoms with Gasteiger partial charge in [-0.3, -0.25) is 4.98 Å². The molecule has 0 spiro atoms. The first-order valence-corrected chi connectivity index (χ1v) is 13.6. The molecule has 0 saturated carbocycles. The summed E-state index contributed by atoms with van der Waals surface area (Å²) in [4.78, 5) is 18.0. The van der Waals surface area contributed by atoms with Crippen LogP contribution in [0.4, 0.5) is 0 Å². The summed E-state index contributed by atoms with van der Waals surface area (Å²) in [7, 11) is 0. The number of rotatable bonds is 3. The third-order valence-electron chi connectivity index (χ3n) is 7.89. The van der Waals surface area contributed by atoms with Gasteiger partial charge in [-0.1, -0.05) is 60.7 Å². The van der Waals surface area contributed by atoms with Gasteiger partial charge < -0.3 is 10.2 Å². The molecule has 0 aliphatic heterocycles. The Bertz CT molecular complexity index is 2340. The van der Waals surface area contributed by atoms with Crippen molar-refractivity contribution in [2.45, 2.75) is 0 Å². The molecule has 2 N–H and O–H groups in total. The van der Waals surface area contributed by atoms with E-state index in [9.17, 15) is 10.2 Å². The van der Waals surface area contributed by atoms with Crippen molar-refractivity contribution in [3.63, 3.8) is 0 Å². The van der Waals surface area contributed by atoms with Crippen LogP contribution in [0.15, 0.2) is 122 Å². The molecule has 0 atom stereocenters. The normalized spacial score (nSPS) is 11.5. The van der Waals surface area contributed by atoms with Crippen molar-refractivity contribution < 1.29 is 10.2 Å². The van der Waals surface area contributed by atoms with E-state index in [1.165, 1.54) is 6.33 Å². The molecule has 0 unspecified atom stereocenters. The number of pyridine rings is 2. The molecule has 198 valence electrons. The Morgan fingerprint density at radius 1 is 0.524 bits per heavy atom. The van der Waals surface area contributed by atoms with Gasteiger partial charge in [0.25, 0.3) is 0 Å². The average molecular weight is 543 g/mol. The van der Waals surface area contributed by atoms with E-state index in [-0.39, 0.29) is 11.5 Å². The number of hydrogen-bond acceptors (Lipinski definition) is 6. The number of nitrogens with zero attached hydrogens (tertiary/aromatic N) is 4. The Morgan fingerprint density at radius 3 is 2.14 bits per heavy atom. The molecule has 8 rings (SSSR count). The lowest BCUT2D eigenvalue weighted by Crippen LogP contribution is -1.94. The van der Waals surface area contributed by atoms with Gasteiger partial charge in [-0.25, -0.2) is 15.0 Å². The monoisotopic (exact) mass is 542 g/mol. The molecule has 0 radical (unpaired) electrons. The third kappa shape index (κ3) is 3.66. The zero-order chi connectivity index (χ0) is 28.2. The van der Waals surface area contributed by atoms with E-state index >= 15 is 0 Å². The van der Waals surface area contributed by atoms with E-state index < -0.39 is 0 Å². The van der Waals surface area contributed by atoms with E-state index in [4.69, 9.17) is 4.98 Å². The summed E-state index contributed by atoms with van der Waals surface area (Å²) in [5, 5.41) is 27.1. The maximum atomic E-state index is 10.7. The van der Waals surface area contributed by atoms with Crippen molar-refractivity contribution >= 4 is 43.4 Å². The molecule has 3 heterocycles. The molecule has 0 fully saturated rings. The summed E-state index contributed by atoms with van der Waals surface area (Å²) in [5.41, 5.74) is 6.74. The molecule has 0 amide bonds.